The van der Waals surface area contributed by atoms with E-state index in [9.17, 15) is 30.8 Å². The van der Waals surface area contributed by atoms with Crippen molar-refractivity contribution in [1.82, 2.24) is 0 Å². The minimum absolute atomic E-state index is 0.122. The maximum Gasteiger partial charge on any atom is 0.265 e. The summed E-state index contributed by atoms with van der Waals surface area (Å²) in [6.45, 7) is 0.875. The Labute approximate surface area is 151 Å². The molecule has 0 unspecified atom stereocenters. The average Bonchev–Trinajstić information content (AvgIpc) is 2.60. The molecule has 146 valence electrons. The predicted molar refractivity (Wildman–Crippen MR) is 86.6 cm³/mol. The number of nitrogens with one attached hydrogen (secondary N) is 1. The number of methoxy groups -OCH3 is 2. The molecule has 0 bridgehead atoms. The van der Waals surface area contributed by atoms with Crippen LogP contribution >= 0.6 is 0 Å². The van der Waals surface area contributed by atoms with Crippen LogP contribution in [0.15, 0.2) is 23.1 Å². The van der Waals surface area contributed by atoms with E-state index in [2.05, 4.69) is 0 Å². The molecule has 0 fully saturated rings. The standard InChI is InChI=1S/C16H13F4NO5S/c1-7(22)8-4-10(18)16(15(20)14(8)19)21-27(23,24)13-6-12(26-3)11(25-2)5-9(13)17/h4-6,21H,1-3H3. The summed E-state index contributed by atoms with van der Waals surface area (Å²) in [7, 11) is -2.54. The zero-order chi connectivity index (χ0) is 20.5. The number of hydrogen-bond acceptors (Lipinski definition) is 5. The van der Waals surface area contributed by atoms with Gasteiger partial charge in [0.2, 0.25) is 0 Å². The van der Waals surface area contributed by atoms with Crippen molar-refractivity contribution in [3.63, 3.8) is 0 Å². The van der Waals surface area contributed by atoms with E-state index in [0.717, 1.165) is 20.1 Å². The lowest BCUT2D eigenvalue weighted by Crippen LogP contribution is -2.18. The van der Waals surface area contributed by atoms with Crippen LogP contribution < -0.4 is 14.2 Å². The summed E-state index contributed by atoms with van der Waals surface area (Å²) in [4.78, 5) is 10.2. The summed E-state index contributed by atoms with van der Waals surface area (Å²) in [5.74, 6) is -7.79. The molecular formula is C16H13F4NO5S. The number of carbonyl (C=O) groups is 1. The van der Waals surface area contributed by atoms with E-state index in [1.54, 1.807) is 0 Å². The molecule has 27 heavy (non-hydrogen) atoms. The first-order valence-corrected chi connectivity index (χ1v) is 8.64. The van der Waals surface area contributed by atoms with Crippen molar-refractivity contribution in [3.8, 4) is 11.5 Å². The Kier molecular flexibility index (Phi) is 5.64. The van der Waals surface area contributed by atoms with Crippen molar-refractivity contribution in [2.24, 2.45) is 0 Å². The summed E-state index contributed by atoms with van der Waals surface area (Å²) in [5.41, 5.74) is -2.29. The number of carbonyl (C=O) groups excluding carboxylic acids is 1. The number of rotatable bonds is 6. The minimum atomic E-state index is -4.89. The van der Waals surface area contributed by atoms with Crippen molar-refractivity contribution in [1.29, 1.82) is 0 Å². The number of ether oxygens (including phenoxy) is 2. The van der Waals surface area contributed by atoms with E-state index in [1.807, 2.05) is 0 Å². The molecule has 0 spiro atoms. The van der Waals surface area contributed by atoms with Gasteiger partial charge in [-0.05, 0) is 13.0 Å². The van der Waals surface area contributed by atoms with E-state index in [1.165, 1.54) is 11.8 Å². The number of ketones is 1. The second-order valence-corrected chi connectivity index (χ2v) is 6.86. The molecule has 0 aliphatic heterocycles. The molecule has 0 atom stereocenters. The fourth-order valence-corrected chi connectivity index (χ4v) is 3.32. The number of anilines is 1. The first kappa shape index (κ1) is 20.5. The topological polar surface area (TPSA) is 81.7 Å². The van der Waals surface area contributed by atoms with Crippen LogP contribution in [0.25, 0.3) is 0 Å². The Hall–Kier alpha value is -2.82. The highest BCUT2D eigenvalue weighted by molar-refractivity contribution is 7.92. The van der Waals surface area contributed by atoms with Gasteiger partial charge < -0.3 is 9.47 Å². The number of Topliss-reactive ketones (excluding diaryl/α,β-unsaturated/α-hetero) is 1. The van der Waals surface area contributed by atoms with Crippen LogP contribution in [0.2, 0.25) is 0 Å². The fraction of sp³-hybridized carbons (Fsp3) is 0.188. The molecule has 2 rings (SSSR count). The molecule has 1 N–H and O–H groups in total. The Bertz CT molecular complexity index is 1020. The molecule has 0 aliphatic carbocycles. The molecule has 0 saturated heterocycles. The average molecular weight is 407 g/mol. The molecule has 0 radical (unpaired) electrons. The first-order chi connectivity index (χ1) is 12.5. The van der Waals surface area contributed by atoms with Crippen LogP contribution in [0, 0.1) is 23.3 Å². The van der Waals surface area contributed by atoms with Gasteiger partial charge in [-0.1, -0.05) is 0 Å². The van der Waals surface area contributed by atoms with E-state index in [-0.39, 0.29) is 11.5 Å². The molecule has 0 aliphatic rings. The SMILES string of the molecule is COc1cc(F)c(S(=O)(=O)Nc2c(F)cc(C(C)=O)c(F)c2F)cc1OC. The number of hydrogen-bond donors (Lipinski definition) is 1. The quantitative estimate of drug-likeness (QED) is 0.452. The van der Waals surface area contributed by atoms with Gasteiger partial charge in [0.25, 0.3) is 10.0 Å². The molecule has 6 nitrogen and oxygen atoms in total. The highest BCUT2D eigenvalue weighted by Gasteiger charge is 2.28. The molecule has 2 aromatic rings. The van der Waals surface area contributed by atoms with Gasteiger partial charge in [0, 0.05) is 12.1 Å². The number of sulfonamides is 1. The minimum Gasteiger partial charge on any atom is -0.493 e. The molecular weight excluding hydrogens is 394 g/mol. The maximum absolute atomic E-state index is 14.1. The van der Waals surface area contributed by atoms with Gasteiger partial charge in [0.15, 0.2) is 34.7 Å². The second-order valence-electron chi connectivity index (χ2n) is 5.21. The van der Waals surface area contributed by atoms with Crippen molar-refractivity contribution >= 4 is 21.5 Å². The zero-order valence-electron chi connectivity index (χ0n) is 14.2. The molecule has 0 aromatic heterocycles. The van der Waals surface area contributed by atoms with E-state index >= 15 is 0 Å². The highest BCUT2D eigenvalue weighted by Crippen LogP contribution is 2.34. The third kappa shape index (κ3) is 3.82. The summed E-state index contributed by atoms with van der Waals surface area (Å²) in [6.07, 6.45) is 0. The van der Waals surface area contributed by atoms with Crippen LogP contribution in [0.3, 0.4) is 0 Å². The lowest BCUT2D eigenvalue weighted by atomic mass is 10.1. The molecule has 2 aromatic carbocycles. The van der Waals surface area contributed by atoms with Crippen LogP contribution in [0.5, 0.6) is 11.5 Å². The third-order valence-corrected chi connectivity index (χ3v) is 4.87. The van der Waals surface area contributed by atoms with Crippen LogP contribution in [0.1, 0.15) is 17.3 Å². The van der Waals surface area contributed by atoms with Gasteiger partial charge in [0.05, 0.1) is 19.8 Å². The lowest BCUT2D eigenvalue weighted by molar-refractivity contribution is 0.101. The Morgan fingerprint density at radius 1 is 0.926 bits per heavy atom. The smallest absolute Gasteiger partial charge is 0.265 e. The van der Waals surface area contributed by atoms with E-state index < -0.39 is 55.2 Å². The molecule has 0 saturated carbocycles. The fourth-order valence-electron chi connectivity index (χ4n) is 2.18. The van der Waals surface area contributed by atoms with Gasteiger partial charge in [-0.15, -0.1) is 0 Å². The van der Waals surface area contributed by atoms with Gasteiger partial charge >= 0.3 is 0 Å². The van der Waals surface area contributed by atoms with Crippen molar-refractivity contribution in [2.45, 2.75) is 11.8 Å². The number of halogens is 4. The van der Waals surface area contributed by atoms with Gasteiger partial charge in [-0.3, -0.25) is 9.52 Å². The third-order valence-electron chi connectivity index (χ3n) is 3.50. The molecule has 11 heteroatoms. The normalized spacial score (nSPS) is 11.2. The van der Waals surface area contributed by atoms with Crippen molar-refractivity contribution in [2.75, 3.05) is 18.9 Å². The van der Waals surface area contributed by atoms with Crippen molar-refractivity contribution < 1.29 is 40.2 Å². The lowest BCUT2D eigenvalue weighted by Gasteiger charge is -2.14. The zero-order valence-corrected chi connectivity index (χ0v) is 15.0. The van der Waals surface area contributed by atoms with Gasteiger partial charge in [-0.2, -0.15) is 0 Å². The van der Waals surface area contributed by atoms with Gasteiger partial charge in [0.1, 0.15) is 16.4 Å². The maximum atomic E-state index is 14.1. The second kappa shape index (κ2) is 7.43. The predicted octanol–water partition coefficient (Wildman–Crippen LogP) is 3.26. The molecule has 0 amide bonds. The number of benzene rings is 2. The first-order valence-electron chi connectivity index (χ1n) is 7.16. The Morgan fingerprint density at radius 3 is 2.00 bits per heavy atom. The summed E-state index contributed by atoms with van der Waals surface area (Å²) >= 11 is 0. The van der Waals surface area contributed by atoms with Crippen LogP contribution in [0.4, 0.5) is 23.2 Å². The van der Waals surface area contributed by atoms with Crippen molar-refractivity contribution in [3.05, 3.63) is 47.0 Å². The van der Waals surface area contributed by atoms with Crippen LogP contribution in [-0.2, 0) is 10.0 Å². The largest absolute Gasteiger partial charge is 0.493 e. The highest BCUT2D eigenvalue weighted by atomic mass is 32.2. The Morgan fingerprint density at radius 2 is 1.48 bits per heavy atom. The Balaban J connectivity index is 2.58. The van der Waals surface area contributed by atoms with E-state index in [4.69, 9.17) is 9.47 Å². The van der Waals surface area contributed by atoms with Gasteiger partial charge in [-0.25, -0.2) is 26.0 Å². The summed E-state index contributed by atoms with van der Waals surface area (Å²) < 4.78 is 91.9. The summed E-state index contributed by atoms with van der Waals surface area (Å²) in [6, 6.07) is 1.76. The molecule has 0 heterocycles. The van der Waals surface area contributed by atoms with E-state index in [0.29, 0.717) is 12.1 Å². The monoisotopic (exact) mass is 407 g/mol. The summed E-state index contributed by atoms with van der Waals surface area (Å²) in [5, 5.41) is 0. The van der Waals surface area contributed by atoms with Crippen LogP contribution in [-0.4, -0.2) is 28.4 Å².